The van der Waals surface area contributed by atoms with Crippen LogP contribution < -0.4 is 10.7 Å². The number of nitrogens with one attached hydrogen (secondary N) is 1. The van der Waals surface area contributed by atoms with Crippen molar-refractivity contribution in [3.05, 3.63) is 63.5 Å². The van der Waals surface area contributed by atoms with Crippen molar-refractivity contribution in [1.82, 2.24) is 25.0 Å². The van der Waals surface area contributed by atoms with Gasteiger partial charge in [0.1, 0.15) is 17.8 Å². The third kappa shape index (κ3) is 4.57. The van der Waals surface area contributed by atoms with Gasteiger partial charge in [0, 0.05) is 35.6 Å². The quantitative estimate of drug-likeness (QED) is 0.451. The number of aromatic nitrogens is 4. The summed E-state index contributed by atoms with van der Waals surface area (Å²) < 4.78 is 12.6. The van der Waals surface area contributed by atoms with Gasteiger partial charge < -0.3 is 19.1 Å². The van der Waals surface area contributed by atoms with Crippen LogP contribution in [-0.2, 0) is 16.1 Å². The number of amides is 1. The molecular weight excluding hydrogens is 458 g/mol. The molecule has 5 rings (SSSR count). The van der Waals surface area contributed by atoms with E-state index in [0.29, 0.717) is 34.0 Å². The number of rotatable bonds is 6. The average molecular weight is 480 g/mol. The van der Waals surface area contributed by atoms with Crippen LogP contribution in [0.3, 0.4) is 0 Å². The van der Waals surface area contributed by atoms with Crippen LogP contribution in [0.25, 0.3) is 33.9 Å². The lowest BCUT2D eigenvalue weighted by Crippen LogP contribution is -2.34. The van der Waals surface area contributed by atoms with Gasteiger partial charge in [0.15, 0.2) is 0 Å². The number of fused-ring (bicyclic) bond motifs is 1. The smallest absolute Gasteiger partial charge is 0.263 e. The number of nitrogens with zero attached hydrogens (tertiary/aromatic N) is 4. The highest BCUT2D eigenvalue weighted by atomic mass is 35.5. The molecule has 1 fully saturated rings. The number of halogens is 1. The Morgan fingerprint density at radius 1 is 1.21 bits per heavy atom. The number of carbonyl (C=O) groups is 1. The molecule has 1 aliphatic rings. The Morgan fingerprint density at radius 3 is 2.79 bits per heavy atom. The minimum atomic E-state index is -0.301. The first-order valence-corrected chi connectivity index (χ1v) is 11.3. The molecule has 1 atom stereocenters. The average Bonchev–Trinajstić information content (AvgIpc) is 3.52. The van der Waals surface area contributed by atoms with Gasteiger partial charge in [-0.1, -0.05) is 16.8 Å². The molecule has 10 heteroatoms. The highest BCUT2D eigenvalue weighted by Gasteiger charge is 2.20. The van der Waals surface area contributed by atoms with Crippen molar-refractivity contribution in [3.63, 3.8) is 0 Å². The van der Waals surface area contributed by atoms with E-state index in [1.807, 2.05) is 6.92 Å². The molecule has 1 amide bonds. The predicted molar refractivity (Wildman–Crippen MR) is 126 cm³/mol. The van der Waals surface area contributed by atoms with Crippen molar-refractivity contribution in [1.29, 1.82) is 0 Å². The number of pyridine rings is 2. The van der Waals surface area contributed by atoms with Crippen LogP contribution in [0.4, 0.5) is 0 Å². The number of hydrogen-bond acceptors (Lipinski definition) is 7. The van der Waals surface area contributed by atoms with Crippen molar-refractivity contribution in [2.75, 3.05) is 13.2 Å². The summed E-state index contributed by atoms with van der Waals surface area (Å²) in [6.45, 7) is 2.98. The second-order valence-corrected chi connectivity index (χ2v) is 8.63. The standard InChI is InChI=1S/C24H22ClN5O4/c1-14-4-9-18-21(32)19(24-28-22(29-34-24)15-5-7-16(25)8-6-15)12-30(23(18)27-14)13-20(31)26-11-17-3-2-10-33-17/h4-9,12,17H,2-3,10-11,13H2,1H3,(H,26,31). The lowest BCUT2D eigenvalue weighted by Gasteiger charge is -2.14. The first-order chi connectivity index (χ1) is 16.5. The third-order valence-corrected chi connectivity index (χ3v) is 5.94. The van der Waals surface area contributed by atoms with Crippen LogP contribution in [0.2, 0.25) is 5.02 Å². The summed E-state index contributed by atoms with van der Waals surface area (Å²) in [5, 5.41) is 7.86. The van der Waals surface area contributed by atoms with Crippen LogP contribution in [0.1, 0.15) is 18.5 Å². The number of carbonyl (C=O) groups excluding carboxylic acids is 1. The molecule has 1 unspecified atom stereocenters. The molecule has 0 radical (unpaired) electrons. The van der Waals surface area contributed by atoms with Gasteiger partial charge in [-0.3, -0.25) is 9.59 Å². The fourth-order valence-corrected chi connectivity index (χ4v) is 4.05. The normalized spacial score (nSPS) is 15.6. The summed E-state index contributed by atoms with van der Waals surface area (Å²) in [4.78, 5) is 34.8. The lowest BCUT2D eigenvalue weighted by molar-refractivity contribution is -0.122. The molecule has 1 saturated heterocycles. The monoisotopic (exact) mass is 479 g/mol. The van der Waals surface area contributed by atoms with Gasteiger partial charge in [-0.2, -0.15) is 4.98 Å². The van der Waals surface area contributed by atoms with Crippen LogP contribution in [0.5, 0.6) is 0 Å². The van der Waals surface area contributed by atoms with Crippen LogP contribution in [0, 0.1) is 6.92 Å². The van der Waals surface area contributed by atoms with Gasteiger partial charge in [0.25, 0.3) is 5.89 Å². The summed E-state index contributed by atoms with van der Waals surface area (Å²) in [5.74, 6) is 0.182. The third-order valence-electron chi connectivity index (χ3n) is 5.68. The molecule has 1 N–H and O–H groups in total. The number of aryl methyl sites for hydroxylation is 1. The van der Waals surface area contributed by atoms with Gasteiger partial charge in [-0.05, 0) is 56.2 Å². The highest BCUT2D eigenvalue weighted by Crippen LogP contribution is 2.23. The van der Waals surface area contributed by atoms with E-state index < -0.39 is 0 Å². The Kier molecular flexibility index (Phi) is 6.12. The largest absolute Gasteiger partial charge is 0.376 e. The molecular formula is C24H22ClN5O4. The molecule has 1 aliphatic heterocycles. The Morgan fingerprint density at radius 2 is 2.03 bits per heavy atom. The molecule has 0 saturated carbocycles. The minimum Gasteiger partial charge on any atom is -0.376 e. The first kappa shape index (κ1) is 22.2. The molecule has 174 valence electrons. The van der Waals surface area contributed by atoms with E-state index in [2.05, 4.69) is 20.4 Å². The number of hydrogen-bond donors (Lipinski definition) is 1. The van der Waals surface area contributed by atoms with Gasteiger partial charge in [0.05, 0.1) is 11.5 Å². The van der Waals surface area contributed by atoms with Crippen molar-refractivity contribution in [3.8, 4) is 22.8 Å². The Bertz CT molecular complexity index is 1410. The summed E-state index contributed by atoms with van der Waals surface area (Å²) in [6.07, 6.45) is 3.51. The van der Waals surface area contributed by atoms with E-state index in [1.165, 1.54) is 0 Å². The van der Waals surface area contributed by atoms with Gasteiger partial charge >= 0.3 is 0 Å². The van der Waals surface area contributed by atoms with E-state index in [-0.39, 0.29) is 35.4 Å². The zero-order valence-electron chi connectivity index (χ0n) is 18.5. The van der Waals surface area contributed by atoms with E-state index in [4.69, 9.17) is 20.9 Å². The Hall–Kier alpha value is -3.56. The maximum atomic E-state index is 13.3. The van der Waals surface area contributed by atoms with Gasteiger partial charge in [0.2, 0.25) is 17.2 Å². The van der Waals surface area contributed by atoms with Crippen LogP contribution in [0.15, 0.2) is 51.9 Å². The molecule has 0 spiro atoms. The molecule has 0 bridgehead atoms. The lowest BCUT2D eigenvalue weighted by atomic mass is 10.1. The zero-order chi connectivity index (χ0) is 23.7. The fraction of sp³-hybridized carbons (Fsp3) is 0.292. The molecule has 4 aromatic rings. The second-order valence-electron chi connectivity index (χ2n) is 8.19. The molecule has 1 aromatic carbocycles. The summed E-state index contributed by atoms with van der Waals surface area (Å²) >= 11 is 5.95. The van der Waals surface area contributed by atoms with E-state index in [1.54, 1.807) is 47.2 Å². The Balaban J connectivity index is 1.49. The topological polar surface area (TPSA) is 112 Å². The zero-order valence-corrected chi connectivity index (χ0v) is 19.2. The Labute approximate surface area is 199 Å². The van der Waals surface area contributed by atoms with Crippen molar-refractivity contribution >= 4 is 28.5 Å². The SMILES string of the molecule is Cc1ccc2c(=O)c(-c3nc(-c4ccc(Cl)cc4)no3)cn(CC(=O)NCC3CCCO3)c2n1. The van der Waals surface area contributed by atoms with Crippen molar-refractivity contribution in [2.45, 2.75) is 32.4 Å². The fourth-order valence-electron chi connectivity index (χ4n) is 3.93. The predicted octanol–water partition coefficient (Wildman–Crippen LogP) is 3.37. The molecule has 3 aromatic heterocycles. The maximum absolute atomic E-state index is 13.3. The number of benzene rings is 1. The molecule has 9 nitrogen and oxygen atoms in total. The molecule has 0 aliphatic carbocycles. The maximum Gasteiger partial charge on any atom is 0.263 e. The summed E-state index contributed by atoms with van der Waals surface area (Å²) in [7, 11) is 0. The highest BCUT2D eigenvalue weighted by molar-refractivity contribution is 6.30. The van der Waals surface area contributed by atoms with E-state index in [9.17, 15) is 9.59 Å². The molecule has 34 heavy (non-hydrogen) atoms. The summed E-state index contributed by atoms with van der Waals surface area (Å²) in [6, 6.07) is 10.4. The minimum absolute atomic E-state index is 0.0227. The van der Waals surface area contributed by atoms with E-state index >= 15 is 0 Å². The van der Waals surface area contributed by atoms with Crippen LogP contribution >= 0.6 is 11.6 Å². The molecule has 4 heterocycles. The first-order valence-electron chi connectivity index (χ1n) is 11.0. The van der Waals surface area contributed by atoms with Crippen LogP contribution in [-0.4, -0.2) is 44.9 Å². The van der Waals surface area contributed by atoms with Gasteiger partial charge in [-0.15, -0.1) is 0 Å². The van der Waals surface area contributed by atoms with Crippen molar-refractivity contribution < 1.29 is 14.1 Å². The summed E-state index contributed by atoms with van der Waals surface area (Å²) in [5.41, 5.74) is 1.74. The second kappa shape index (κ2) is 9.36. The van der Waals surface area contributed by atoms with Gasteiger partial charge in [-0.25, -0.2) is 4.98 Å². The van der Waals surface area contributed by atoms with E-state index in [0.717, 1.165) is 25.1 Å². The number of ether oxygens (including phenoxy) is 1. The van der Waals surface area contributed by atoms with Crippen molar-refractivity contribution in [2.24, 2.45) is 0 Å².